The molecule has 2 aliphatic rings. The molecule has 0 bridgehead atoms. The topological polar surface area (TPSA) is 74.2 Å². The Morgan fingerprint density at radius 1 is 1.17 bits per heavy atom. The van der Waals surface area contributed by atoms with E-state index in [1.54, 1.807) is 7.05 Å². The summed E-state index contributed by atoms with van der Waals surface area (Å²) in [6.45, 7) is 15.6. The maximum absolute atomic E-state index is 5.82. The molecule has 0 spiro atoms. The highest BCUT2D eigenvalue weighted by molar-refractivity contribution is 5.79. The van der Waals surface area contributed by atoms with Crippen molar-refractivity contribution in [1.29, 1.82) is 0 Å². The first kappa shape index (κ1) is 22.8. The van der Waals surface area contributed by atoms with Gasteiger partial charge in [0.15, 0.2) is 5.96 Å². The Hall–Kier alpha value is -1.90. The lowest BCUT2D eigenvalue weighted by Gasteiger charge is -2.41. The summed E-state index contributed by atoms with van der Waals surface area (Å²) >= 11 is 0. The predicted molar refractivity (Wildman–Crippen MR) is 121 cm³/mol. The van der Waals surface area contributed by atoms with Crippen LogP contribution in [0.4, 0.5) is 5.82 Å². The number of guanidine groups is 1. The fourth-order valence-electron chi connectivity index (χ4n) is 4.06. The van der Waals surface area contributed by atoms with E-state index >= 15 is 0 Å². The summed E-state index contributed by atoms with van der Waals surface area (Å²) < 4.78 is 11.3. The van der Waals surface area contributed by atoms with E-state index in [-0.39, 0.29) is 17.7 Å². The second-order valence-corrected chi connectivity index (χ2v) is 8.88. The fraction of sp³-hybridized carbons (Fsp3) is 0.727. The van der Waals surface area contributed by atoms with Crippen LogP contribution in [0.1, 0.15) is 33.3 Å². The maximum Gasteiger partial charge on any atom is 0.191 e. The summed E-state index contributed by atoms with van der Waals surface area (Å²) in [4.78, 5) is 13.8. The first-order valence-corrected chi connectivity index (χ1v) is 11.0. The Bertz CT molecular complexity index is 677. The van der Waals surface area contributed by atoms with Crippen molar-refractivity contribution in [2.75, 3.05) is 57.9 Å². The molecular formula is C22H38N6O2. The van der Waals surface area contributed by atoms with E-state index in [0.717, 1.165) is 63.3 Å². The number of anilines is 1. The molecule has 1 aromatic heterocycles. The number of rotatable bonds is 6. The monoisotopic (exact) mass is 418 g/mol. The molecule has 0 radical (unpaired) electrons. The van der Waals surface area contributed by atoms with Crippen molar-refractivity contribution in [1.82, 2.24) is 20.5 Å². The van der Waals surface area contributed by atoms with Gasteiger partial charge in [-0.1, -0.05) is 6.07 Å². The largest absolute Gasteiger partial charge is 0.379 e. The molecule has 2 fully saturated rings. The Labute approximate surface area is 181 Å². The molecule has 8 nitrogen and oxygen atoms in total. The second kappa shape index (κ2) is 10.4. The molecule has 3 rings (SSSR count). The van der Waals surface area contributed by atoms with Crippen LogP contribution in [0, 0.1) is 0 Å². The van der Waals surface area contributed by atoms with Crippen LogP contribution in [0.15, 0.2) is 23.3 Å². The SMILES string of the molecule is CN=C(NCc1ccc(N2CC(C)OC(C)C2)nc1)NCC(C)(C)N1CCOCC1. The number of nitrogens with one attached hydrogen (secondary N) is 2. The highest BCUT2D eigenvalue weighted by Gasteiger charge is 2.28. The van der Waals surface area contributed by atoms with Gasteiger partial charge in [-0.3, -0.25) is 9.89 Å². The zero-order valence-corrected chi connectivity index (χ0v) is 19.1. The summed E-state index contributed by atoms with van der Waals surface area (Å²) in [6.07, 6.45) is 2.40. The van der Waals surface area contributed by atoms with Crippen LogP contribution in [-0.4, -0.2) is 86.6 Å². The average Bonchev–Trinajstić information content (AvgIpc) is 2.74. The van der Waals surface area contributed by atoms with Crippen molar-refractivity contribution in [3.8, 4) is 0 Å². The Kier molecular flexibility index (Phi) is 7.91. The minimum atomic E-state index is 0.0387. The predicted octanol–water partition coefficient (Wildman–Crippen LogP) is 1.47. The summed E-state index contributed by atoms with van der Waals surface area (Å²) in [5.41, 5.74) is 1.17. The molecule has 2 saturated heterocycles. The van der Waals surface area contributed by atoms with Gasteiger partial charge in [0.25, 0.3) is 0 Å². The number of nitrogens with zero attached hydrogens (tertiary/aromatic N) is 4. The number of morpholine rings is 2. The van der Waals surface area contributed by atoms with Crippen LogP contribution >= 0.6 is 0 Å². The van der Waals surface area contributed by atoms with Crippen molar-refractivity contribution in [2.24, 2.45) is 4.99 Å². The number of ether oxygens (including phenoxy) is 2. The van der Waals surface area contributed by atoms with Crippen molar-refractivity contribution in [2.45, 2.75) is 52.0 Å². The molecular weight excluding hydrogens is 380 g/mol. The van der Waals surface area contributed by atoms with E-state index in [1.807, 2.05) is 6.20 Å². The number of aromatic nitrogens is 1. The van der Waals surface area contributed by atoms with E-state index in [0.29, 0.717) is 6.54 Å². The zero-order valence-electron chi connectivity index (χ0n) is 19.1. The summed E-state index contributed by atoms with van der Waals surface area (Å²) in [7, 11) is 1.80. The van der Waals surface area contributed by atoms with Crippen LogP contribution in [0.2, 0.25) is 0 Å². The van der Waals surface area contributed by atoms with Gasteiger partial charge in [-0.25, -0.2) is 4.98 Å². The van der Waals surface area contributed by atoms with Crippen LogP contribution in [0.5, 0.6) is 0 Å². The summed E-state index contributed by atoms with van der Waals surface area (Å²) in [6, 6.07) is 4.23. The van der Waals surface area contributed by atoms with E-state index in [9.17, 15) is 0 Å². The van der Waals surface area contributed by atoms with Crippen molar-refractivity contribution < 1.29 is 9.47 Å². The quantitative estimate of drug-likeness (QED) is 0.535. The van der Waals surface area contributed by atoms with Gasteiger partial charge >= 0.3 is 0 Å². The molecule has 1 aromatic rings. The van der Waals surface area contributed by atoms with Crippen LogP contribution in [0.25, 0.3) is 0 Å². The van der Waals surface area contributed by atoms with Crippen LogP contribution in [0.3, 0.4) is 0 Å². The minimum Gasteiger partial charge on any atom is -0.379 e. The lowest BCUT2D eigenvalue weighted by molar-refractivity contribution is -0.00834. The van der Waals surface area contributed by atoms with Gasteiger partial charge in [-0.05, 0) is 39.3 Å². The van der Waals surface area contributed by atoms with Gasteiger partial charge in [0.1, 0.15) is 5.82 Å². The fourth-order valence-corrected chi connectivity index (χ4v) is 4.06. The van der Waals surface area contributed by atoms with E-state index in [4.69, 9.17) is 9.47 Å². The second-order valence-electron chi connectivity index (χ2n) is 8.88. The third-order valence-corrected chi connectivity index (χ3v) is 5.79. The normalized spacial score (nSPS) is 24.0. The number of pyridine rings is 1. The molecule has 0 saturated carbocycles. The van der Waals surface area contributed by atoms with Gasteiger partial charge in [-0.15, -0.1) is 0 Å². The molecule has 2 atom stereocenters. The molecule has 30 heavy (non-hydrogen) atoms. The van der Waals surface area contributed by atoms with E-state index in [1.165, 1.54) is 0 Å². The molecule has 0 aromatic carbocycles. The first-order valence-electron chi connectivity index (χ1n) is 11.0. The molecule has 168 valence electrons. The van der Waals surface area contributed by atoms with Crippen LogP contribution < -0.4 is 15.5 Å². The minimum absolute atomic E-state index is 0.0387. The number of hydrogen-bond donors (Lipinski definition) is 2. The Balaban J connectivity index is 1.47. The van der Waals surface area contributed by atoms with Crippen LogP contribution in [-0.2, 0) is 16.0 Å². The smallest absolute Gasteiger partial charge is 0.191 e. The Morgan fingerprint density at radius 3 is 2.47 bits per heavy atom. The van der Waals surface area contributed by atoms with Gasteiger partial charge in [0, 0.05) is 58.1 Å². The zero-order chi connectivity index (χ0) is 21.6. The van der Waals surface area contributed by atoms with Gasteiger partial charge in [-0.2, -0.15) is 0 Å². The molecule has 0 aliphatic carbocycles. The number of aliphatic imine (C=N–C) groups is 1. The summed E-state index contributed by atoms with van der Waals surface area (Å²) in [5.74, 6) is 1.81. The molecule has 3 heterocycles. The lowest BCUT2D eigenvalue weighted by atomic mass is 10.0. The van der Waals surface area contributed by atoms with Crippen molar-refractivity contribution in [3.05, 3.63) is 23.9 Å². The molecule has 2 N–H and O–H groups in total. The van der Waals surface area contributed by atoms with Gasteiger partial charge in [0.2, 0.25) is 0 Å². The number of hydrogen-bond acceptors (Lipinski definition) is 6. The van der Waals surface area contributed by atoms with Crippen molar-refractivity contribution >= 4 is 11.8 Å². The molecule has 2 unspecified atom stereocenters. The highest BCUT2D eigenvalue weighted by Crippen LogP contribution is 2.18. The van der Waals surface area contributed by atoms with Crippen molar-refractivity contribution in [3.63, 3.8) is 0 Å². The lowest BCUT2D eigenvalue weighted by Crippen LogP contribution is -2.56. The molecule has 8 heteroatoms. The first-order chi connectivity index (χ1) is 14.4. The molecule has 0 amide bonds. The van der Waals surface area contributed by atoms with Gasteiger partial charge < -0.3 is 25.0 Å². The Morgan fingerprint density at radius 2 is 1.87 bits per heavy atom. The third-order valence-electron chi connectivity index (χ3n) is 5.79. The third kappa shape index (κ3) is 6.30. The van der Waals surface area contributed by atoms with E-state index < -0.39 is 0 Å². The van der Waals surface area contributed by atoms with E-state index in [2.05, 4.69) is 70.2 Å². The van der Waals surface area contributed by atoms with Gasteiger partial charge in [0.05, 0.1) is 25.4 Å². The summed E-state index contributed by atoms with van der Waals surface area (Å²) in [5, 5.41) is 6.86. The maximum atomic E-state index is 5.82. The average molecular weight is 419 g/mol. The molecule has 2 aliphatic heterocycles. The standard InChI is InChI=1S/C22H38N6O2/c1-17-14-27(15-18(2)30-17)20-7-6-19(12-24-20)13-25-21(23-5)26-16-22(3,4)28-8-10-29-11-9-28/h6-7,12,17-18H,8-11,13-16H2,1-5H3,(H2,23,25,26). The highest BCUT2D eigenvalue weighted by atomic mass is 16.5.